The van der Waals surface area contributed by atoms with Crippen LogP contribution in [0.15, 0.2) is 24.5 Å². The van der Waals surface area contributed by atoms with Crippen LogP contribution >= 0.6 is 11.6 Å². The number of rotatable bonds is 7. The molecule has 38 heavy (non-hydrogen) atoms. The summed E-state index contributed by atoms with van der Waals surface area (Å²) in [4.78, 5) is 41.5. The van der Waals surface area contributed by atoms with Crippen LogP contribution in [-0.2, 0) is 20.9 Å². The van der Waals surface area contributed by atoms with E-state index >= 15 is 0 Å². The second kappa shape index (κ2) is 10.5. The number of halogens is 1. The first-order valence-corrected chi connectivity index (χ1v) is 13.2. The molecule has 1 aromatic carbocycles. The smallest absolute Gasteiger partial charge is 0.408 e. The number of carbonyl (C=O) groups is 3. The van der Waals surface area contributed by atoms with Gasteiger partial charge in [-0.05, 0) is 85.6 Å². The van der Waals surface area contributed by atoms with Crippen LogP contribution in [0.2, 0.25) is 5.02 Å². The average molecular weight is 546 g/mol. The zero-order valence-corrected chi connectivity index (χ0v) is 23.5. The van der Waals surface area contributed by atoms with Crippen LogP contribution in [0.1, 0.15) is 66.4 Å². The number of tetrazole rings is 1. The van der Waals surface area contributed by atoms with Gasteiger partial charge in [0.1, 0.15) is 24.0 Å². The van der Waals surface area contributed by atoms with Crippen LogP contribution in [-0.4, -0.2) is 66.7 Å². The molecule has 1 saturated carbocycles. The molecule has 4 atom stereocenters. The van der Waals surface area contributed by atoms with E-state index in [0.717, 1.165) is 12.0 Å². The van der Waals surface area contributed by atoms with E-state index in [0.29, 0.717) is 23.6 Å². The van der Waals surface area contributed by atoms with Gasteiger partial charge in [0, 0.05) is 17.6 Å². The van der Waals surface area contributed by atoms with E-state index in [-0.39, 0.29) is 35.7 Å². The third kappa shape index (κ3) is 6.80. The van der Waals surface area contributed by atoms with Crippen molar-refractivity contribution in [3.05, 3.63) is 35.1 Å². The second-order valence-electron chi connectivity index (χ2n) is 12.3. The van der Waals surface area contributed by atoms with E-state index < -0.39 is 23.8 Å². The molecule has 0 unspecified atom stereocenters. The molecule has 2 heterocycles. The minimum absolute atomic E-state index is 0.00380. The summed E-state index contributed by atoms with van der Waals surface area (Å²) < 4.78 is 6.92. The highest BCUT2D eigenvalue weighted by Gasteiger charge is 2.57. The average Bonchev–Trinajstić information content (AvgIpc) is 3.17. The molecule has 2 fully saturated rings. The van der Waals surface area contributed by atoms with Crippen LogP contribution in [0.5, 0.6) is 0 Å². The highest BCUT2D eigenvalue weighted by molar-refractivity contribution is 6.30. The summed E-state index contributed by atoms with van der Waals surface area (Å²) >= 11 is 6.21. The fourth-order valence-corrected chi connectivity index (χ4v) is 5.14. The molecule has 12 heteroatoms. The van der Waals surface area contributed by atoms with Gasteiger partial charge in [0.25, 0.3) is 0 Å². The Kier molecular flexibility index (Phi) is 7.69. The largest absolute Gasteiger partial charge is 0.444 e. The summed E-state index contributed by atoms with van der Waals surface area (Å²) in [6.07, 6.45) is 2.68. The van der Waals surface area contributed by atoms with Crippen molar-refractivity contribution in [3.8, 4) is 5.69 Å². The molecule has 0 bridgehead atoms. The molecule has 1 aromatic heterocycles. The number of fused-ring (bicyclic) bond motifs is 1. The molecule has 2 aliphatic rings. The number of hydrogen-bond acceptors (Lipinski definition) is 7. The number of benzene rings is 1. The summed E-state index contributed by atoms with van der Waals surface area (Å²) in [6.45, 7) is 11.5. The number of carbonyl (C=O) groups excluding carboxylic acids is 3. The molecule has 1 saturated heterocycles. The molecule has 1 aliphatic heterocycles. The van der Waals surface area contributed by atoms with Crippen LogP contribution < -0.4 is 10.6 Å². The van der Waals surface area contributed by atoms with Gasteiger partial charge >= 0.3 is 6.09 Å². The number of likely N-dealkylation sites (tertiary alicyclic amines) is 1. The van der Waals surface area contributed by atoms with E-state index in [2.05, 4.69) is 26.2 Å². The molecule has 2 N–H and O–H groups in total. The molecular formula is C26H36ClN7O4. The maximum atomic E-state index is 13.8. The lowest BCUT2D eigenvalue weighted by molar-refractivity contribution is -0.142. The van der Waals surface area contributed by atoms with Gasteiger partial charge in [-0.3, -0.25) is 9.59 Å². The molecule has 3 amide bonds. The van der Waals surface area contributed by atoms with Crippen molar-refractivity contribution < 1.29 is 19.1 Å². The first kappa shape index (κ1) is 27.8. The molecule has 206 valence electrons. The number of nitrogens with one attached hydrogen (secondary N) is 2. The van der Waals surface area contributed by atoms with E-state index in [1.54, 1.807) is 43.9 Å². The van der Waals surface area contributed by atoms with Crippen LogP contribution in [0.25, 0.3) is 5.69 Å². The van der Waals surface area contributed by atoms with Crippen molar-refractivity contribution in [3.63, 3.8) is 0 Å². The first-order valence-electron chi connectivity index (χ1n) is 12.8. The number of hydrogen-bond donors (Lipinski definition) is 2. The number of nitrogens with zero attached hydrogens (tertiary/aromatic N) is 5. The summed E-state index contributed by atoms with van der Waals surface area (Å²) in [5.41, 5.74) is 0.484. The van der Waals surface area contributed by atoms with Crippen molar-refractivity contribution in [1.29, 1.82) is 0 Å². The minimum atomic E-state index is -0.807. The van der Waals surface area contributed by atoms with Gasteiger partial charge in [-0.25, -0.2) is 9.48 Å². The quantitative estimate of drug-likeness (QED) is 0.546. The molecule has 1 aliphatic carbocycles. The third-order valence-electron chi connectivity index (χ3n) is 6.56. The minimum Gasteiger partial charge on any atom is -0.444 e. The predicted octanol–water partition coefficient (Wildman–Crippen LogP) is 3.25. The molecule has 0 radical (unpaired) electrons. The van der Waals surface area contributed by atoms with Gasteiger partial charge in [-0.15, -0.1) is 5.10 Å². The molecule has 4 rings (SSSR count). The van der Waals surface area contributed by atoms with Crippen LogP contribution in [0.4, 0.5) is 4.79 Å². The van der Waals surface area contributed by atoms with Crippen molar-refractivity contribution in [2.75, 3.05) is 0 Å². The predicted molar refractivity (Wildman–Crippen MR) is 140 cm³/mol. The van der Waals surface area contributed by atoms with Gasteiger partial charge in [0.05, 0.1) is 5.69 Å². The Morgan fingerprint density at radius 1 is 1.16 bits per heavy atom. The Labute approximate surface area is 227 Å². The highest BCUT2D eigenvalue weighted by atomic mass is 35.5. The topological polar surface area (TPSA) is 131 Å². The Hall–Kier alpha value is -3.21. The Morgan fingerprint density at radius 2 is 1.89 bits per heavy atom. The molecule has 2 aromatic rings. The summed E-state index contributed by atoms with van der Waals surface area (Å²) in [7, 11) is 0. The fourth-order valence-electron chi connectivity index (χ4n) is 4.94. The van der Waals surface area contributed by atoms with E-state index in [9.17, 15) is 14.4 Å². The van der Waals surface area contributed by atoms with E-state index in [1.165, 1.54) is 11.0 Å². The van der Waals surface area contributed by atoms with Gasteiger partial charge in [0.2, 0.25) is 11.8 Å². The number of alkyl carbamates (subject to hydrolysis) is 1. The normalized spacial score (nSPS) is 21.4. The Morgan fingerprint density at radius 3 is 2.53 bits per heavy atom. The number of aromatic nitrogens is 4. The zero-order valence-electron chi connectivity index (χ0n) is 22.7. The van der Waals surface area contributed by atoms with Crippen molar-refractivity contribution in [1.82, 2.24) is 35.7 Å². The molecular weight excluding hydrogens is 510 g/mol. The van der Waals surface area contributed by atoms with Crippen LogP contribution in [0, 0.1) is 11.3 Å². The zero-order chi connectivity index (χ0) is 27.8. The summed E-state index contributed by atoms with van der Waals surface area (Å²) in [5, 5.41) is 17.5. The lowest BCUT2D eigenvalue weighted by atomic mass is 9.87. The lowest BCUT2D eigenvalue weighted by Crippen LogP contribution is -2.56. The maximum absolute atomic E-state index is 13.8. The third-order valence-corrected chi connectivity index (χ3v) is 6.79. The Bertz CT molecular complexity index is 1190. The number of ether oxygens (including phenoxy) is 1. The lowest BCUT2D eigenvalue weighted by Gasteiger charge is -2.33. The van der Waals surface area contributed by atoms with E-state index in [1.807, 2.05) is 20.8 Å². The van der Waals surface area contributed by atoms with Crippen molar-refractivity contribution in [2.45, 2.75) is 91.1 Å². The van der Waals surface area contributed by atoms with Crippen molar-refractivity contribution in [2.24, 2.45) is 11.3 Å². The Balaban J connectivity index is 1.49. The second-order valence-corrected chi connectivity index (χ2v) is 12.7. The molecule has 0 spiro atoms. The maximum Gasteiger partial charge on any atom is 0.408 e. The number of amides is 3. The monoisotopic (exact) mass is 545 g/mol. The summed E-state index contributed by atoms with van der Waals surface area (Å²) in [6, 6.07) is 3.83. The van der Waals surface area contributed by atoms with E-state index in [4.69, 9.17) is 16.3 Å². The standard InChI is InChI=1S/C26H36ClN7O4/c1-25(2,3)12-18(30-24(37)38-26(4,5)6)23(36)34-20-10-15(20)11-21(34)22(35)28-13-16-9-17(27)7-8-19(16)33-14-29-31-32-33/h7-9,14-15,18,20-21H,10-13H2,1-6H3,(H,28,35)(H,30,37)/t15-,18+,20-,21-/m0/s1. The summed E-state index contributed by atoms with van der Waals surface area (Å²) in [5.74, 6) is -0.220. The first-order chi connectivity index (χ1) is 17.7. The number of piperidine rings is 1. The van der Waals surface area contributed by atoms with Gasteiger partial charge in [0.15, 0.2) is 0 Å². The van der Waals surface area contributed by atoms with Crippen molar-refractivity contribution >= 4 is 29.5 Å². The SMILES string of the molecule is CC(C)(C)C[C@@H](NC(=O)OC(C)(C)C)C(=O)N1[C@H](C(=O)NCc2cc(Cl)ccc2-n2cnnn2)C[C@@H]2C[C@@H]21. The molecule has 11 nitrogen and oxygen atoms in total. The van der Waals surface area contributed by atoms with Gasteiger partial charge in [-0.2, -0.15) is 0 Å². The highest BCUT2D eigenvalue weighted by Crippen LogP contribution is 2.48. The fraction of sp³-hybridized carbons (Fsp3) is 0.615. The van der Waals surface area contributed by atoms with Gasteiger partial charge < -0.3 is 20.3 Å². The van der Waals surface area contributed by atoms with Gasteiger partial charge in [-0.1, -0.05) is 32.4 Å². The van der Waals surface area contributed by atoms with Crippen LogP contribution in [0.3, 0.4) is 0 Å².